The molecule has 0 bridgehead atoms. The van der Waals surface area contributed by atoms with Gasteiger partial charge < -0.3 is 5.73 Å². The molecule has 0 unspecified atom stereocenters. The van der Waals surface area contributed by atoms with Gasteiger partial charge in [0.2, 0.25) is 0 Å². The molecule has 0 saturated heterocycles. The normalized spacial score (nSPS) is 11.3. The summed E-state index contributed by atoms with van der Waals surface area (Å²) in [7, 11) is 0. The van der Waals surface area contributed by atoms with Crippen LogP contribution in [0.25, 0.3) is 0 Å². The summed E-state index contributed by atoms with van der Waals surface area (Å²) in [6.07, 6.45) is 2.76. The first kappa shape index (κ1) is 14.7. The summed E-state index contributed by atoms with van der Waals surface area (Å²) >= 11 is 0. The molecule has 0 saturated carbocycles. The number of rotatable bonds is 4. The number of halogens is 1. The van der Waals surface area contributed by atoms with E-state index in [2.05, 4.69) is 0 Å². The molecule has 1 rings (SSSR count). The Labute approximate surface area is 109 Å². The van der Waals surface area contributed by atoms with E-state index < -0.39 is 0 Å². The van der Waals surface area contributed by atoms with Crippen molar-refractivity contribution in [3.63, 3.8) is 0 Å². The highest BCUT2D eigenvalue weighted by molar-refractivity contribution is 5.42. The fourth-order valence-electron chi connectivity index (χ4n) is 1.93. The molecule has 0 atom stereocenters. The second-order valence-corrected chi connectivity index (χ2v) is 5.61. The average Bonchev–Trinajstić information content (AvgIpc) is 2.29. The number of nitrogens with zero attached hydrogens (tertiary/aromatic N) is 1. The monoisotopic (exact) mass is 248 g/mol. The summed E-state index contributed by atoms with van der Waals surface area (Å²) in [5, 5.41) is 8.99. The molecule has 0 aromatic heterocycles. The van der Waals surface area contributed by atoms with E-state index in [1.807, 2.05) is 32.9 Å². The van der Waals surface area contributed by atoms with Crippen LogP contribution in [-0.4, -0.2) is 6.54 Å². The number of nitrogens with two attached hydrogens (primary N) is 1. The SMILES string of the molecule is CC(C)(C)c1cc(CCCCN)cc(C#N)c1F. The van der Waals surface area contributed by atoms with Gasteiger partial charge in [0, 0.05) is 0 Å². The second kappa shape index (κ2) is 5.97. The maximum absolute atomic E-state index is 14.1. The Hall–Kier alpha value is -1.40. The van der Waals surface area contributed by atoms with Crippen molar-refractivity contribution in [3.8, 4) is 6.07 Å². The van der Waals surface area contributed by atoms with Gasteiger partial charge in [0.25, 0.3) is 0 Å². The Morgan fingerprint density at radius 3 is 2.44 bits per heavy atom. The van der Waals surface area contributed by atoms with Crippen molar-refractivity contribution in [3.05, 3.63) is 34.6 Å². The molecule has 1 aromatic rings. The summed E-state index contributed by atoms with van der Waals surface area (Å²) in [5.41, 5.74) is 6.95. The van der Waals surface area contributed by atoms with Crippen LogP contribution in [0.5, 0.6) is 0 Å². The zero-order valence-corrected chi connectivity index (χ0v) is 11.4. The van der Waals surface area contributed by atoms with Crippen LogP contribution in [-0.2, 0) is 11.8 Å². The van der Waals surface area contributed by atoms with Crippen molar-refractivity contribution in [1.29, 1.82) is 5.26 Å². The Morgan fingerprint density at radius 2 is 1.94 bits per heavy atom. The lowest BCUT2D eigenvalue weighted by Gasteiger charge is -2.21. The fourth-order valence-corrected chi connectivity index (χ4v) is 1.93. The number of hydrogen-bond donors (Lipinski definition) is 1. The third kappa shape index (κ3) is 3.54. The molecule has 18 heavy (non-hydrogen) atoms. The zero-order chi connectivity index (χ0) is 13.8. The van der Waals surface area contributed by atoms with E-state index >= 15 is 0 Å². The Morgan fingerprint density at radius 1 is 1.28 bits per heavy atom. The Kier molecular flexibility index (Phi) is 4.86. The van der Waals surface area contributed by atoms with Crippen molar-refractivity contribution in [2.45, 2.75) is 45.4 Å². The first-order valence-corrected chi connectivity index (χ1v) is 6.33. The Bertz CT molecular complexity index is 453. The Balaban J connectivity index is 3.12. The third-order valence-electron chi connectivity index (χ3n) is 2.98. The molecule has 98 valence electrons. The smallest absolute Gasteiger partial charge is 0.144 e. The van der Waals surface area contributed by atoms with Gasteiger partial charge in [-0.2, -0.15) is 5.26 Å². The van der Waals surface area contributed by atoms with E-state index in [1.165, 1.54) is 0 Å². The van der Waals surface area contributed by atoms with E-state index in [9.17, 15) is 4.39 Å². The van der Waals surface area contributed by atoms with Crippen LogP contribution in [0.15, 0.2) is 12.1 Å². The largest absolute Gasteiger partial charge is 0.330 e. The van der Waals surface area contributed by atoms with Gasteiger partial charge in [-0.25, -0.2) is 4.39 Å². The van der Waals surface area contributed by atoms with E-state index in [4.69, 9.17) is 11.0 Å². The topological polar surface area (TPSA) is 49.8 Å². The third-order valence-corrected chi connectivity index (χ3v) is 2.98. The van der Waals surface area contributed by atoms with Crippen LogP contribution >= 0.6 is 0 Å². The molecular weight excluding hydrogens is 227 g/mol. The van der Waals surface area contributed by atoms with Crippen molar-refractivity contribution < 1.29 is 4.39 Å². The average molecular weight is 248 g/mol. The zero-order valence-electron chi connectivity index (χ0n) is 11.4. The van der Waals surface area contributed by atoms with Gasteiger partial charge in [-0.1, -0.05) is 26.8 Å². The van der Waals surface area contributed by atoms with Crippen molar-refractivity contribution in [1.82, 2.24) is 0 Å². The molecule has 0 aliphatic heterocycles. The van der Waals surface area contributed by atoms with Crippen molar-refractivity contribution in [2.24, 2.45) is 5.73 Å². The molecule has 0 radical (unpaired) electrons. The van der Waals surface area contributed by atoms with E-state index in [-0.39, 0.29) is 16.8 Å². The van der Waals surface area contributed by atoms with Gasteiger partial charge in [-0.05, 0) is 48.4 Å². The molecule has 2 nitrogen and oxygen atoms in total. The summed E-state index contributed by atoms with van der Waals surface area (Å²) in [6, 6.07) is 5.47. The van der Waals surface area contributed by atoms with Gasteiger partial charge in [0.15, 0.2) is 0 Å². The number of nitriles is 1. The molecular formula is C15H21FN2. The van der Waals surface area contributed by atoms with E-state index in [1.54, 1.807) is 6.07 Å². The van der Waals surface area contributed by atoms with Gasteiger partial charge in [0.05, 0.1) is 5.56 Å². The van der Waals surface area contributed by atoms with Crippen LogP contribution < -0.4 is 5.73 Å². The molecule has 1 aromatic carbocycles. The highest BCUT2D eigenvalue weighted by Crippen LogP contribution is 2.28. The fraction of sp³-hybridized carbons (Fsp3) is 0.533. The van der Waals surface area contributed by atoms with Crippen LogP contribution in [0, 0.1) is 17.1 Å². The molecule has 0 heterocycles. The lowest BCUT2D eigenvalue weighted by atomic mass is 9.84. The second-order valence-electron chi connectivity index (χ2n) is 5.61. The first-order chi connectivity index (χ1) is 8.40. The number of hydrogen-bond acceptors (Lipinski definition) is 2. The van der Waals surface area contributed by atoms with E-state index in [0.717, 1.165) is 24.8 Å². The molecule has 0 fully saturated rings. The van der Waals surface area contributed by atoms with E-state index in [0.29, 0.717) is 12.1 Å². The molecule has 2 N–H and O–H groups in total. The minimum Gasteiger partial charge on any atom is -0.330 e. The van der Waals surface area contributed by atoms with Crippen LogP contribution in [0.2, 0.25) is 0 Å². The minimum atomic E-state index is -0.382. The predicted octanol–water partition coefficient (Wildman–Crippen LogP) is 3.28. The van der Waals surface area contributed by atoms with Crippen LogP contribution in [0.1, 0.15) is 50.3 Å². The predicted molar refractivity (Wildman–Crippen MR) is 71.8 cm³/mol. The van der Waals surface area contributed by atoms with Gasteiger partial charge >= 0.3 is 0 Å². The molecule has 3 heteroatoms. The van der Waals surface area contributed by atoms with Crippen molar-refractivity contribution >= 4 is 0 Å². The van der Waals surface area contributed by atoms with Gasteiger partial charge in [0.1, 0.15) is 11.9 Å². The number of unbranched alkanes of at least 4 members (excludes halogenated alkanes) is 1. The summed E-state index contributed by atoms with van der Waals surface area (Å²) in [4.78, 5) is 0. The molecule has 0 aliphatic carbocycles. The lowest BCUT2D eigenvalue weighted by Crippen LogP contribution is -2.15. The highest BCUT2D eigenvalue weighted by atomic mass is 19.1. The quantitative estimate of drug-likeness (QED) is 0.831. The standard InChI is InChI=1S/C15H21FN2/c1-15(2,3)13-9-11(6-4-5-7-17)8-12(10-18)14(13)16/h8-9H,4-7,17H2,1-3H3. The molecule has 0 amide bonds. The van der Waals surface area contributed by atoms with Gasteiger partial charge in [-0.15, -0.1) is 0 Å². The number of benzene rings is 1. The van der Waals surface area contributed by atoms with Crippen LogP contribution in [0.4, 0.5) is 4.39 Å². The minimum absolute atomic E-state index is 0.144. The van der Waals surface area contributed by atoms with Crippen LogP contribution in [0.3, 0.4) is 0 Å². The summed E-state index contributed by atoms with van der Waals surface area (Å²) in [5.74, 6) is -0.382. The molecule has 0 aliphatic rings. The summed E-state index contributed by atoms with van der Waals surface area (Å²) in [6.45, 7) is 6.53. The van der Waals surface area contributed by atoms with Gasteiger partial charge in [-0.3, -0.25) is 0 Å². The first-order valence-electron chi connectivity index (χ1n) is 6.33. The maximum atomic E-state index is 14.1. The molecule has 0 spiro atoms. The maximum Gasteiger partial charge on any atom is 0.144 e. The highest BCUT2D eigenvalue weighted by Gasteiger charge is 2.21. The summed E-state index contributed by atoms with van der Waals surface area (Å²) < 4.78 is 14.1. The number of aryl methyl sites for hydroxylation is 1. The lowest BCUT2D eigenvalue weighted by molar-refractivity contribution is 0.519. The van der Waals surface area contributed by atoms with Crippen molar-refractivity contribution in [2.75, 3.05) is 6.54 Å².